The van der Waals surface area contributed by atoms with Crippen LogP contribution in [0.2, 0.25) is 0 Å². The van der Waals surface area contributed by atoms with Crippen LogP contribution in [0.15, 0.2) is 61.1 Å². The quantitative estimate of drug-likeness (QED) is 0.699. The molecule has 1 aromatic carbocycles. The summed E-state index contributed by atoms with van der Waals surface area (Å²) < 4.78 is 2.08. The minimum absolute atomic E-state index is 0. The third kappa shape index (κ3) is 4.37. The monoisotopic (exact) mass is 409 g/mol. The van der Waals surface area contributed by atoms with E-state index in [0.29, 0.717) is 5.41 Å². The van der Waals surface area contributed by atoms with Crippen LogP contribution in [0.5, 0.6) is 0 Å². The summed E-state index contributed by atoms with van der Waals surface area (Å²) in [4.78, 5) is 6.92. The molecule has 5 rings (SSSR count). The number of pyridine rings is 1. The van der Waals surface area contributed by atoms with Crippen molar-refractivity contribution in [3.05, 3.63) is 72.2 Å². The summed E-state index contributed by atoms with van der Waals surface area (Å²) in [6.07, 6.45) is 8.59. The number of hydrogen-bond acceptors (Lipinski definition) is 4. The first-order valence-corrected chi connectivity index (χ1v) is 10.2. The molecule has 0 amide bonds. The van der Waals surface area contributed by atoms with Gasteiger partial charge in [0.2, 0.25) is 0 Å². The van der Waals surface area contributed by atoms with Crippen molar-refractivity contribution in [2.45, 2.75) is 25.9 Å². The summed E-state index contributed by atoms with van der Waals surface area (Å²) in [6, 6.07) is 14.6. The predicted molar refractivity (Wildman–Crippen MR) is 118 cm³/mol. The Hall–Kier alpha value is -2.21. The fourth-order valence-electron chi connectivity index (χ4n) is 4.72. The number of nitrogens with zero attached hydrogens (tertiary/aromatic N) is 4. The van der Waals surface area contributed by atoms with E-state index in [2.05, 4.69) is 62.5 Å². The van der Waals surface area contributed by atoms with Gasteiger partial charge in [0, 0.05) is 49.4 Å². The predicted octanol–water partition coefficient (Wildman–Crippen LogP) is 3.60. The molecule has 152 valence electrons. The average molecular weight is 410 g/mol. The highest BCUT2D eigenvalue weighted by atomic mass is 35.5. The molecule has 2 fully saturated rings. The van der Waals surface area contributed by atoms with Gasteiger partial charge in [-0.3, -0.25) is 14.6 Å². The molecule has 2 aliphatic rings. The minimum Gasteiger partial charge on any atom is -0.316 e. The summed E-state index contributed by atoms with van der Waals surface area (Å²) in [5.74, 6) is 0. The van der Waals surface area contributed by atoms with Gasteiger partial charge < -0.3 is 5.32 Å². The van der Waals surface area contributed by atoms with Gasteiger partial charge in [-0.25, -0.2) is 0 Å². The number of rotatable bonds is 5. The normalized spacial score (nSPS) is 21.5. The fraction of sp³-hybridized carbons (Fsp3) is 0.391. The van der Waals surface area contributed by atoms with Crippen molar-refractivity contribution < 1.29 is 0 Å². The van der Waals surface area contributed by atoms with Gasteiger partial charge >= 0.3 is 0 Å². The standard InChI is InChI=1S/C23H27N5.ClH/c1-2-5-19(6-3-1)14-28-16-21(22(26-28)20-7-4-10-24-13-20)15-27-12-9-23(18-27)8-11-25-17-23;/h1-7,10,13,16,25H,8-9,11-12,14-15,17-18H2;1H. The van der Waals surface area contributed by atoms with Gasteiger partial charge in [-0.15, -0.1) is 12.4 Å². The molecule has 2 aliphatic heterocycles. The number of benzene rings is 1. The summed E-state index contributed by atoms with van der Waals surface area (Å²) in [5, 5.41) is 8.50. The fourth-order valence-corrected chi connectivity index (χ4v) is 4.72. The third-order valence-electron chi connectivity index (χ3n) is 6.20. The molecule has 1 unspecified atom stereocenters. The second-order valence-corrected chi connectivity index (χ2v) is 8.32. The SMILES string of the molecule is Cl.c1ccc(Cn2cc(CN3CCC4(CCNC4)C3)c(-c3cccnc3)n2)cc1. The van der Waals surface area contributed by atoms with Crippen LogP contribution in [-0.4, -0.2) is 45.8 Å². The van der Waals surface area contributed by atoms with Crippen molar-refractivity contribution in [1.82, 2.24) is 25.0 Å². The Morgan fingerprint density at radius 3 is 2.69 bits per heavy atom. The lowest BCUT2D eigenvalue weighted by Crippen LogP contribution is -2.29. The van der Waals surface area contributed by atoms with Gasteiger partial charge in [-0.2, -0.15) is 5.10 Å². The molecule has 0 radical (unpaired) electrons. The molecule has 3 aromatic rings. The molecule has 0 bridgehead atoms. The molecule has 4 heterocycles. The zero-order valence-corrected chi connectivity index (χ0v) is 17.4. The summed E-state index contributed by atoms with van der Waals surface area (Å²) in [7, 11) is 0. The van der Waals surface area contributed by atoms with Crippen LogP contribution in [0.1, 0.15) is 24.0 Å². The Morgan fingerprint density at radius 1 is 1.03 bits per heavy atom. The zero-order chi connectivity index (χ0) is 18.8. The van der Waals surface area contributed by atoms with Crippen molar-refractivity contribution in [3.63, 3.8) is 0 Å². The van der Waals surface area contributed by atoms with Gasteiger partial charge in [-0.1, -0.05) is 30.3 Å². The van der Waals surface area contributed by atoms with Crippen molar-refractivity contribution in [3.8, 4) is 11.3 Å². The van der Waals surface area contributed by atoms with Crippen molar-refractivity contribution in [1.29, 1.82) is 0 Å². The first-order chi connectivity index (χ1) is 13.8. The van der Waals surface area contributed by atoms with E-state index in [1.165, 1.54) is 50.1 Å². The first kappa shape index (κ1) is 20.1. The van der Waals surface area contributed by atoms with E-state index < -0.39 is 0 Å². The van der Waals surface area contributed by atoms with Crippen LogP contribution in [0, 0.1) is 5.41 Å². The maximum absolute atomic E-state index is 4.94. The lowest BCUT2D eigenvalue weighted by atomic mass is 9.86. The molecule has 2 saturated heterocycles. The Labute approximate surface area is 178 Å². The third-order valence-corrected chi connectivity index (χ3v) is 6.20. The van der Waals surface area contributed by atoms with Crippen molar-refractivity contribution in [2.75, 3.05) is 26.2 Å². The summed E-state index contributed by atoms with van der Waals surface area (Å²) in [6.45, 7) is 6.47. The van der Waals surface area contributed by atoms with E-state index in [1.54, 1.807) is 0 Å². The smallest absolute Gasteiger partial charge is 0.0983 e. The van der Waals surface area contributed by atoms with Crippen LogP contribution in [0.4, 0.5) is 0 Å². The molecular formula is C23H28ClN5. The van der Waals surface area contributed by atoms with Gasteiger partial charge in [-0.05, 0) is 49.0 Å². The maximum atomic E-state index is 4.94. The molecule has 0 aliphatic carbocycles. The highest BCUT2D eigenvalue weighted by molar-refractivity contribution is 5.85. The van der Waals surface area contributed by atoms with Gasteiger partial charge in [0.15, 0.2) is 0 Å². The highest BCUT2D eigenvalue weighted by Crippen LogP contribution is 2.37. The van der Waals surface area contributed by atoms with E-state index in [1.807, 2.05) is 18.5 Å². The Balaban J connectivity index is 0.00000205. The van der Waals surface area contributed by atoms with Gasteiger partial charge in [0.25, 0.3) is 0 Å². The number of aromatic nitrogens is 3. The molecular weight excluding hydrogens is 382 g/mol. The van der Waals surface area contributed by atoms with E-state index >= 15 is 0 Å². The largest absolute Gasteiger partial charge is 0.316 e. The summed E-state index contributed by atoms with van der Waals surface area (Å²) in [5.41, 5.74) is 5.22. The van der Waals surface area contributed by atoms with Crippen LogP contribution in [0.25, 0.3) is 11.3 Å². The Kier molecular flexibility index (Phi) is 5.99. The number of hydrogen-bond donors (Lipinski definition) is 1. The Bertz CT molecular complexity index is 919. The highest BCUT2D eigenvalue weighted by Gasteiger charge is 2.40. The second kappa shape index (κ2) is 8.66. The first-order valence-electron chi connectivity index (χ1n) is 10.2. The van der Waals surface area contributed by atoms with Gasteiger partial charge in [0.1, 0.15) is 0 Å². The van der Waals surface area contributed by atoms with Crippen LogP contribution < -0.4 is 5.32 Å². The lowest BCUT2D eigenvalue weighted by molar-refractivity contribution is 0.269. The molecule has 1 atom stereocenters. The van der Waals surface area contributed by atoms with E-state index in [0.717, 1.165) is 24.3 Å². The minimum atomic E-state index is 0. The summed E-state index contributed by atoms with van der Waals surface area (Å²) >= 11 is 0. The van der Waals surface area contributed by atoms with Crippen LogP contribution in [0.3, 0.4) is 0 Å². The van der Waals surface area contributed by atoms with E-state index in [4.69, 9.17) is 5.10 Å². The van der Waals surface area contributed by atoms with Crippen LogP contribution >= 0.6 is 12.4 Å². The molecule has 6 heteroatoms. The molecule has 2 aromatic heterocycles. The molecule has 1 N–H and O–H groups in total. The lowest BCUT2D eigenvalue weighted by Gasteiger charge is -2.22. The Morgan fingerprint density at radius 2 is 1.93 bits per heavy atom. The molecule has 0 saturated carbocycles. The van der Waals surface area contributed by atoms with Crippen molar-refractivity contribution in [2.24, 2.45) is 5.41 Å². The van der Waals surface area contributed by atoms with Gasteiger partial charge in [0.05, 0.1) is 12.2 Å². The average Bonchev–Trinajstić information content (AvgIpc) is 3.46. The second-order valence-electron chi connectivity index (χ2n) is 8.32. The zero-order valence-electron chi connectivity index (χ0n) is 16.6. The van der Waals surface area contributed by atoms with E-state index in [-0.39, 0.29) is 12.4 Å². The molecule has 29 heavy (non-hydrogen) atoms. The van der Waals surface area contributed by atoms with Crippen LogP contribution in [-0.2, 0) is 13.1 Å². The number of likely N-dealkylation sites (tertiary alicyclic amines) is 1. The molecule has 5 nitrogen and oxygen atoms in total. The topological polar surface area (TPSA) is 46.0 Å². The maximum Gasteiger partial charge on any atom is 0.0983 e. The van der Waals surface area contributed by atoms with E-state index in [9.17, 15) is 0 Å². The number of nitrogens with one attached hydrogen (secondary N) is 1. The number of halogens is 1. The van der Waals surface area contributed by atoms with Crippen molar-refractivity contribution >= 4 is 12.4 Å². The molecule has 1 spiro atoms.